The molecule has 12 nitrogen and oxygen atoms in total. The van der Waals surface area contributed by atoms with Gasteiger partial charge in [0.05, 0.1) is 38.2 Å². The van der Waals surface area contributed by atoms with Gasteiger partial charge in [0.2, 0.25) is 11.9 Å². The van der Waals surface area contributed by atoms with Crippen molar-refractivity contribution in [2.24, 2.45) is 7.05 Å². The smallest absolute Gasteiger partial charge is 0.329 e. The number of anilines is 2. The molecule has 3 N–H and O–H groups in total. The summed E-state index contributed by atoms with van der Waals surface area (Å²) in [6, 6.07) is 5.53. The molecule has 3 aromatic heterocycles. The number of methoxy groups -OCH3 is 1. The fourth-order valence-electron chi connectivity index (χ4n) is 4.60. The Bertz CT molecular complexity index is 1580. The normalized spacial score (nSPS) is 14.2. The lowest BCUT2D eigenvalue weighted by molar-refractivity contribution is -0.126. The second-order valence-corrected chi connectivity index (χ2v) is 9.53. The van der Waals surface area contributed by atoms with Gasteiger partial charge in [-0.05, 0) is 43.2 Å². The summed E-state index contributed by atoms with van der Waals surface area (Å²) in [5.74, 6) is 0.340. The fraction of sp³-hybridized carbons (Fsp3) is 0.296. The number of nitrogens with zero attached hydrogens (tertiary/aromatic N) is 6. The molecule has 0 bridgehead atoms. The zero-order valence-electron chi connectivity index (χ0n) is 22.4. The first-order chi connectivity index (χ1) is 19.2. The van der Waals surface area contributed by atoms with E-state index in [1.807, 2.05) is 13.0 Å². The lowest BCUT2D eigenvalue weighted by Crippen LogP contribution is -2.47. The molecule has 4 heterocycles. The van der Waals surface area contributed by atoms with Crippen molar-refractivity contribution < 1.29 is 23.8 Å². The van der Waals surface area contributed by atoms with E-state index in [1.165, 1.54) is 34.8 Å². The average molecular weight is 549 g/mol. The third kappa shape index (κ3) is 5.10. The van der Waals surface area contributed by atoms with Crippen LogP contribution in [-0.4, -0.2) is 66.0 Å². The summed E-state index contributed by atoms with van der Waals surface area (Å²) >= 11 is 0. The maximum atomic E-state index is 14.0. The number of ether oxygens (including phenoxy) is 1. The predicted molar refractivity (Wildman–Crippen MR) is 143 cm³/mol. The number of nitrogens with one attached hydrogen (secondary N) is 2. The number of fused-ring (bicyclic) bond motifs is 1. The largest absolute Gasteiger partial charge is 0.497 e. The van der Waals surface area contributed by atoms with Crippen molar-refractivity contribution in [1.82, 2.24) is 34.5 Å². The SMILES string of the molecule is COc1cc(F)cc([C@@H](CO)NC(=O)[C@@H](C)N2Cc3cc(-c4nc(Nc5ccnn5C)ncc4C)cn3C2=O)c1. The summed E-state index contributed by atoms with van der Waals surface area (Å²) in [7, 11) is 3.20. The fourth-order valence-corrected chi connectivity index (χ4v) is 4.60. The van der Waals surface area contributed by atoms with Gasteiger partial charge in [0, 0.05) is 42.8 Å². The molecular weight excluding hydrogens is 519 g/mol. The van der Waals surface area contributed by atoms with Gasteiger partial charge in [0.15, 0.2) is 0 Å². The van der Waals surface area contributed by atoms with Crippen molar-refractivity contribution >= 4 is 23.7 Å². The highest BCUT2D eigenvalue weighted by Gasteiger charge is 2.35. The molecule has 0 unspecified atom stereocenters. The van der Waals surface area contributed by atoms with Crippen LogP contribution in [0.1, 0.15) is 29.8 Å². The Labute approximate surface area is 229 Å². The molecule has 2 atom stereocenters. The van der Waals surface area contributed by atoms with Crippen LogP contribution in [0.2, 0.25) is 0 Å². The number of carbonyl (C=O) groups is 2. The second-order valence-electron chi connectivity index (χ2n) is 9.53. The minimum atomic E-state index is -0.877. The summed E-state index contributed by atoms with van der Waals surface area (Å²) in [6.07, 6.45) is 5.06. The van der Waals surface area contributed by atoms with E-state index in [-0.39, 0.29) is 18.3 Å². The van der Waals surface area contributed by atoms with Crippen LogP contribution >= 0.6 is 0 Å². The number of rotatable bonds is 9. The maximum Gasteiger partial charge on any atom is 0.329 e. The van der Waals surface area contributed by atoms with Crippen LogP contribution in [0, 0.1) is 12.7 Å². The van der Waals surface area contributed by atoms with Gasteiger partial charge in [-0.25, -0.2) is 19.2 Å². The summed E-state index contributed by atoms with van der Waals surface area (Å²) in [5, 5.41) is 19.8. The number of aryl methyl sites for hydroxylation is 2. The number of hydrogen-bond acceptors (Lipinski definition) is 8. The molecule has 0 fully saturated rings. The van der Waals surface area contributed by atoms with Gasteiger partial charge in [-0.3, -0.25) is 14.0 Å². The Morgan fingerprint density at radius 2 is 2.08 bits per heavy atom. The molecule has 0 saturated heterocycles. The van der Waals surface area contributed by atoms with Gasteiger partial charge in [0.25, 0.3) is 0 Å². The first-order valence-corrected chi connectivity index (χ1v) is 12.6. The average Bonchev–Trinajstić information content (AvgIpc) is 3.63. The number of halogens is 1. The minimum Gasteiger partial charge on any atom is -0.497 e. The maximum absolute atomic E-state index is 14.0. The van der Waals surface area contributed by atoms with Crippen LogP contribution in [0.5, 0.6) is 5.75 Å². The third-order valence-corrected chi connectivity index (χ3v) is 6.87. The van der Waals surface area contributed by atoms with E-state index >= 15 is 0 Å². The number of aliphatic hydroxyl groups is 1. The molecule has 4 aromatic rings. The highest BCUT2D eigenvalue weighted by Crippen LogP contribution is 2.30. The molecular formula is C27H29FN8O4. The van der Waals surface area contributed by atoms with Gasteiger partial charge in [-0.15, -0.1) is 0 Å². The van der Waals surface area contributed by atoms with E-state index in [0.717, 1.165) is 16.9 Å². The molecule has 40 heavy (non-hydrogen) atoms. The molecule has 0 spiro atoms. The van der Waals surface area contributed by atoms with Crippen LogP contribution < -0.4 is 15.4 Å². The Hall–Kier alpha value is -4.78. The van der Waals surface area contributed by atoms with Crippen LogP contribution in [-0.2, 0) is 18.4 Å². The number of aliphatic hydroxyl groups excluding tert-OH is 1. The molecule has 2 amide bonds. The Morgan fingerprint density at radius 3 is 2.75 bits per heavy atom. The van der Waals surface area contributed by atoms with E-state index in [9.17, 15) is 19.1 Å². The van der Waals surface area contributed by atoms with Crippen LogP contribution in [0.3, 0.4) is 0 Å². The zero-order chi connectivity index (χ0) is 28.6. The molecule has 0 aliphatic carbocycles. The first-order valence-electron chi connectivity index (χ1n) is 12.6. The second kappa shape index (κ2) is 10.8. The number of aromatic nitrogens is 5. The monoisotopic (exact) mass is 548 g/mol. The Balaban J connectivity index is 1.30. The summed E-state index contributed by atoms with van der Waals surface area (Å²) in [4.78, 5) is 36.8. The quantitative estimate of drug-likeness (QED) is 0.290. The van der Waals surface area contributed by atoms with E-state index in [0.29, 0.717) is 22.9 Å². The van der Waals surface area contributed by atoms with Gasteiger partial charge >= 0.3 is 6.03 Å². The number of carbonyl (C=O) groups excluding carboxylic acids is 2. The summed E-state index contributed by atoms with van der Waals surface area (Å²) in [5.41, 5.74) is 3.30. The van der Waals surface area contributed by atoms with Gasteiger partial charge in [0.1, 0.15) is 23.4 Å². The molecule has 13 heteroatoms. The first kappa shape index (κ1) is 26.8. The van der Waals surface area contributed by atoms with Gasteiger partial charge in [-0.1, -0.05) is 0 Å². The summed E-state index contributed by atoms with van der Waals surface area (Å²) < 4.78 is 22.2. The molecule has 0 saturated carbocycles. The lowest BCUT2D eigenvalue weighted by atomic mass is 10.1. The van der Waals surface area contributed by atoms with Crippen molar-refractivity contribution in [2.45, 2.75) is 32.5 Å². The van der Waals surface area contributed by atoms with E-state index in [2.05, 4.69) is 25.7 Å². The molecule has 5 rings (SSSR count). The lowest BCUT2D eigenvalue weighted by Gasteiger charge is -2.25. The number of hydrogen-bond donors (Lipinski definition) is 3. The van der Waals surface area contributed by atoms with Crippen molar-refractivity contribution in [3.05, 3.63) is 71.6 Å². The minimum absolute atomic E-state index is 0.204. The molecule has 0 radical (unpaired) electrons. The Morgan fingerprint density at radius 1 is 1.27 bits per heavy atom. The standard InChI is InChI=1S/C27H29FN8O4/c1-15-11-29-26(32-23-5-6-30-34(23)3)33-24(15)18-8-20-13-35(27(39)36(20)12-18)16(2)25(38)31-22(14-37)17-7-19(28)10-21(9-17)40-4/h5-12,16,22,37H,13-14H2,1-4H3,(H,31,38)(H,29,32,33)/t16-,22-/m1/s1. The van der Waals surface area contributed by atoms with Crippen molar-refractivity contribution in [2.75, 3.05) is 19.0 Å². The van der Waals surface area contributed by atoms with Crippen molar-refractivity contribution in [3.8, 4) is 17.0 Å². The topological polar surface area (TPSA) is 139 Å². The van der Waals surface area contributed by atoms with Gasteiger partial charge in [-0.2, -0.15) is 5.10 Å². The molecule has 208 valence electrons. The molecule has 1 aromatic carbocycles. The summed E-state index contributed by atoms with van der Waals surface area (Å²) in [6.45, 7) is 3.23. The van der Waals surface area contributed by atoms with Crippen molar-refractivity contribution in [1.29, 1.82) is 0 Å². The molecule has 1 aliphatic rings. The predicted octanol–water partition coefficient (Wildman–Crippen LogP) is 2.90. The van der Waals surface area contributed by atoms with E-state index < -0.39 is 30.4 Å². The number of amides is 2. The van der Waals surface area contributed by atoms with Crippen LogP contribution in [0.15, 0.2) is 48.9 Å². The number of benzene rings is 1. The molecule has 1 aliphatic heterocycles. The highest BCUT2D eigenvalue weighted by atomic mass is 19.1. The van der Waals surface area contributed by atoms with E-state index in [4.69, 9.17) is 4.74 Å². The van der Waals surface area contributed by atoms with Crippen molar-refractivity contribution in [3.63, 3.8) is 0 Å². The highest BCUT2D eigenvalue weighted by molar-refractivity contribution is 5.90. The van der Waals surface area contributed by atoms with Crippen LogP contribution in [0.4, 0.5) is 21.0 Å². The Kier molecular flexibility index (Phi) is 7.22. The van der Waals surface area contributed by atoms with Gasteiger partial charge < -0.3 is 25.4 Å². The van der Waals surface area contributed by atoms with E-state index in [1.54, 1.807) is 43.3 Å². The third-order valence-electron chi connectivity index (χ3n) is 6.87. The van der Waals surface area contributed by atoms with Crippen LogP contribution in [0.25, 0.3) is 11.3 Å². The zero-order valence-corrected chi connectivity index (χ0v) is 22.4.